The number of rotatable bonds is 6. The number of nitrogens with zero attached hydrogens (tertiary/aromatic N) is 3. The fourth-order valence-corrected chi connectivity index (χ4v) is 3.21. The summed E-state index contributed by atoms with van der Waals surface area (Å²) in [7, 11) is 1.76. The zero-order valence-electron chi connectivity index (χ0n) is 16.6. The van der Waals surface area contributed by atoms with Crippen molar-refractivity contribution in [3.05, 3.63) is 120 Å². The van der Waals surface area contributed by atoms with Gasteiger partial charge in [-0.05, 0) is 36.4 Å². The maximum absolute atomic E-state index is 13.2. The van der Waals surface area contributed by atoms with E-state index in [2.05, 4.69) is 9.97 Å². The van der Waals surface area contributed by atoms with E-state index in [1.807, 2.05) is 72.8 Å². The lowest BCUT2D eigenvalue weighted by molar-refractivity contribution is 0.0987. The first-order valence-electron chi connectivity index (χ1n) is 9.62. The fourth-order valence-electron chi connectivity index (χ4n) is 3.21. The van der Waals surface area contributed by atoms with Crippen LogP contribution >= 0.6 is 0 Å². The Kier molecular flexibility index (Phi) is 5.80. The van der Waals surface area contributed by atoms with Gasteiger partial charge < -0.3 is 9.64 Å². The van der Waals surface area contributed by atoms with E-state index in [1.165, 1.54) is 0 Å². The van der Waals surface area contributed by atoms with Crippen molar-refractivity contribution in [1.29, 1.82) is 0 Å². The first kappa shape index (κ1) is 19.3. The zero-order valence-corrected chi connectivity index (χ0v) is 16.6. The number of hydrogen-bond acceptors (Lipinski definition) is 4. The van der Waals surface area contributed by atoms with Crippen LogP contribution in [0.2, 0.25) is 0 Å². The van der Waals surface area contributed by atoms with E-state index in [-0.39, 0.29) is 5.91 Å². The van der Waals surface area contributed by atoms with Crippen LogP contribution in [0, 0.1) is 0 Å². The van der Waals surface area contributed by atoms with E-state index in [1.54, 1.807) is 42.8 Å². The minimum Gasteiger partial charge on any atom is -0.480 e. The third-order valence-corrected chi connectivity index (χ3v) is 4.78. The summed E-state index contributed by atoms with van der Waals surface area (Å²) in [6, 6.07) is 24.4. The van der Waals surface area contributed by atoms with Crippen molar-refractivity contribution in [2.75, 3.05) is 11.9 Å². The van der Waals surface area contributed by atoms with Gasteiger partial charge in [0.15, 0.2) is 6.10 Å². The van der Waals surface area contributed by atoms with Gasteiger partial charge in [-0.2, -0.15) is 0 Å². The van der Waals surface area contributed by atoms with Gasteiger partial charge in [0.05, 0.1) is 5.56 Å². The highest BCUT2D eigenvalue weighted by atomic mass is 16.5. The second-order valence-corrected chi connectivity index (χ2v) is 6.77. The largest absolute Gasteiger partial charge is 0.480 e. The molecule has 0 atom stereocenters. The van der Waals surface area contributed by atoms with Crippen molar-refractivity contribution in [2.45, 2.75) is 6.10 Å². The third-order valence-electron chi connectivity index (χ3n) is 4.78. The molecule has 4 aromatic rings. The van der Waals surface area contributed by atoms with Crippen LogP contribution in [0.5, 0.6) is 5.75 Å². The van der Waals surface area contributed by atoms with Gasteiger partial charge in [0.2, 0.25) is 0 Å². The summed E-state index contributed by atoms with van der Waals surface area (Å²) in [4.78, 5) is 23.3. The summed E-state index contributed by atoms with van der Waals surface area (Å²) in [6.07, 6.45) is 6.52. The molecule has 1 amide bonds. The molecular weight excluding hydrogens is 374 g/mol. The molecule has 5 heteroatoms. The minimum atomic E-state index is -0.441. The first-order valence-corrected chi connectivity index (χ1v) is 9.62. The molecule has 4 rings (SSSR count). The lowest BCUT2D eigenvalue weighted by Gasteiger charge is -2.23. The number of carbonyl (C=O) groups is 1. The summed E-state index contributed by atoms with van der Waals surface area (Å²) in [6.45, 7) is 0. The van der Waals surface area contributed by atoms with E-state index in [0.29, 0.717) is 11.3 Å². The number of carbonyl (C=O) groups excluding carboxylic acids is 1. The highest BCUT2D eigenvalue weighted by Crippen LogP contribution is 2.31. The Morgan fingerprint density at radius 3 is 2.00 bits per heavy atom. The quantitative estimate of drug-likeness (QED) is 0.465. The molecule has 0 aliphatic heterocycles. The number of pyridine rings is 2. The SMILES string of the molecule is CN(C(=O)c1ccccc1OC(c1cccnc1)c1cccnc1)c1ccccc1. The fraction of sp³-hybridized carbons (Fsp3) is 0.0800. The topological polar surface area (TPSA) is 55.3 Å². The summed E-state index contributed by atoms with van der Waals surface area (Å²) >= 11 is 0. The van der Waals surface area contributed by atoms with Crippen LogP contribution < -0.4 is 9.64 Å². The predicted molar refractivity (Wildman–Crippen MR) is 117 cm³/mol. The van der Waals surface area contributed by atoms with E-state index >= 15 is 0 Å². The third kappa shape index (κ3) is 4.20. The molecule has 2 aromatic heterocycles. The Labute approximate surface area is 175 Å². The van der Waals surface area contributed by atoms with Gasteiger partial charge >= 0.3 is 0 Å². The Hall–Kier alpha value is -3.99. The second kappa shape index (κ2) is 9.01. The van der Waals surface area contributed by atoms with Crippen LogP contribution in [0.15, 0.2) is 104 Å². The van der Waals surface area contributed by atoms with Gasteiger partial charge in [0.1, 0.15) is 5.75 Å². The smallest absolute Gasteiger partial charge is 0.261 e. The molecule has 0 saturated heterocycles. The zero-order chi connectivity index (χ0) is 20.8. The molecule has 2 aromatic carbocycles. The van der Waals surface area contributed by atoms with Crippen LogP contribution in [0.3, 0.4) is 0 Å². The molecule has 0 aliphatic rings. The van der Waals surface area contributed by atoms with Crippen molar-refractivity contribution in [1.82, 2.24) is 9.97 Å². The molecule has 148 valence electrons. The molecule has 30 heavy (non-hydrogen) atoms. The molecule has 0 spiro atoms. The highest BCUT2D eigenvalue weighted by molar-refractivity contribution is 6.07. The average molecular weight is 395 g/mol. The van der Waals surface area contributed by atoms with Crippen molar-refractivity contribution in [3.8, 4) is 5.75 Å². The van der Waals surface area contributed by atoms with Crippen LogP contribution in [0.25, 0.3) is 0 Å². The maximum atomic E-state index is 13.2. The van der Waals surface area contributed by atoms with E-state index in [9.17, 15) is 4.79 Å². The van der Waals surface area contributed by atoms with Gasteiger partial charge in [-0.25, -0.2) is 0 Å². The molecule has 2 heterocycles. The Morgan fingerprint density at radius 2 is 1.40 bits per heavy atom. The van der Waals surface area contributed by atoms with Crippen LogP contribution in [-0.4, -0.2) is 22.9 Å². The van der Waals surface area contributed by atoms with Crippen molar-refractivity contribution < 1.29 is 9.53 Å². The summed E-state index contributed by atoms with van der Waals surface area (Å²) in [5.41, 5.74) is 3.06. The van der Waals surface area contributed by atoms with Crippen molar-refractivity contribution in [2.24, 2.45) is 0 Å². The van der Waals surface area contributed by atoms with Gasteiger partial charge in [-0.1, -0.05) is 42.5 Å². The predicted octanol–water partition coefficient (Wildman–Crippen LogP) is 4.92. The molecule has 0 bridgehead atoms. The lowest BCUT2D eigenvalue weighted by Crippen LogP contribution is -2.27. The molecule has 0 fully saturated rings. The Balaban J connectivity index is 1.69. The highest BCUT2D eigenvalue weighted by Gasteiger charge is 2.22. The average Bonchev–Trinajstić information content (AvgIpc) is 2.83. The maximum Gasteiger partial charge on any atom is 0.261 e. The van der Waals surface area contributed by atoms with E-state index in [4.69, 9.17) is 4.74 Å². The number of amides is 1. The number of ether oxygens (including phenoxy) is 1. The molecule has 0 radical (unpaired) electrons. The van der Waals surface area contributed by atoms with Crippen LogP contribution in [0.1, 0.15) is 27.6 Å². The number of hydrogen-bond donors (Lipinski definition) is 0. The molecule has 0 aliphatic carbocycles. The van der Waals surface area contributed by atoms with Gasteiger partial charge in [0, 0.05) is 48.6 Å². The number of anilines is 1. The van der Waals surface area contributed by atoms with Gasteiger partial charge in [-0.15, -0.1) is 0 Å². The van der Waals surface area contributed by atoms with E-state index < -0.39 is 6.10 Å². The second-order valence-electron chi connectivity index (χ2n) is 6.77. The summed E-state index contributed by atoms with van der Waals surface area (Å²) in [5.74, 6) is 0.357. The number of para-hydroxylation sites is 2. The standard InChI is InChI=1S/C25H21N3O2/c1-28(21-11-3-2-4-12-21)25(29)22-13-5-6-14-23(22)30-24(19-9-7-15-26-17-19)20-10-8-16-27-18-20/h2-18,24H,1H3. The van der Waals surface area contributed by atoms with Gasteiger partial charge in [-0.3, -0.25) is 14.8 Å². The minimum absolute atomic E-state index is 0.145. The Bertz CT molecular complexity index is 1060. The molecule has 0 saturated carbocycles. The van der Waals surface area contributed by atoms with Gasteiger partial charge in [0.25, 0.3) is 5.91 Å². The number of aromatic nitrogens is 2. The molecule has 5 nitrogen and oxygen atoms in total. The van der Waals surface area contributed by atoms with E-state index in [0.717, 1.165) is 16.8 Å². The van der Waals surface area contributed by atoms with Crippen LogP contribution in [0.4, 0.5) is 5.69 Å². The number of benzene rings is 2. The normalized spacial score (nSPS) is 10.6. The lowest BCUT2D eigenvalue weighted by atomic mass is 10.0. The van der Waals surface area contributed by atoms with Crippen molar-refractivity contribution in [3.63, 3.8) is 0 Å². The molecule has 0 unspecified atom stereocenters. The molecule has 0 N–H and O–H groups in total. The van der Waals surface area contributed by atoms with Crippen molar-refractivity contribution >= 4 is 11.6 Å². The molecular formula is C25H21N3O2. The Morgan fingerprint density at radius 1 is 0.800 bits per heavy atom. The van der Waals surface area contributed by atoms with Crippen LogP contribution in [-0.2, 0) is 0 Å². The first-order chi connectivity index (χ1) is 14.7. The monoisotopic (exact) mass is 395 g/mol. The summed E-state index contributed by atoms with van der Waals surface area (Å²) in [5, 5.41) is 0. The summed E-state index contributed by atoms with van der Waals surface area (Å²) < 4.78 is 6.40.